The van der Waals surface area contributed by atoms with E-state index >= 15 is 0 Å². The van der Waals surface area contributed by atoms with Crippen molar-refractivity contribution in [3.8, 4) is 22.5 Å². The fourth-order valence-electron chi connectivity index (χ4n) is 6.77. The van der Waals surface area contributed by atoms with Gasteiger partial charge >= 0.3 is 5.76 Å². The summed E-state index contributed by atoms with van der Waals surface area (Å²) in [5.41, 5.74) is 5.17. The van der Waals surface area contributed by atoms with Crippen LogP contribution in [0.2, 0.25) is 0 Å². The molecule has 1 N–H and O–H groups in total. The summed E-state index contributed by atoms with van der Waals surface area (Å²) in [7, 11) is 0. The molecule has 2 fully saturated rings. The largest absolute Gasteiger partial charge is 0.439 e. The molecular weight excluding hydrogens is 558 g/mol. The molecule has 0 radical (unpaired) electrons. The second-order valence-electron chi connectivity index (χ2n) is 12.2. The summed E-state index contributed by atoms with van der Waals surface area (Å²) in [5.74, 6) is 2.24. The van der Waals surface area contributed by atoms with Crippen LogP contribution in [0.15, 0.2) is 62.6 Å². The number of aromatic amines is 1. The molecule has 43 heavy (non-hydrogen) atoms. The van der Waals surface area contributed by atoms with E-state index in [0.717, 1.165) is 70.1 Å². The van der Waals surface area contributed by atoms with Crippen LogP contribution in [0.1, 0.15) is 74.5 Å². The number of fused-ring (bicyclic) bond motifs is 1. The molecule has 2 aromatic carbocycles. The summed E-state index contributed by atoms with van der Waals surface area (Å²) in [4.78, 5) is 36.5. The fourth-order valence-corrected chi connectivity index (χ4v) is 7.06. The van der Waals surface area contributed by atoms with Gasteiger partial charge in [0.15, 0.2) is 5.82 Å². The van der Waals surface area contributed by atoms with Gasteiger partial charge in [0.25, 0.3) is 5.56 Å². The van der Waals surface area contributed by atoms with Crippen LogP contribution in [0.5, 0.6) is 0 Å². The molecule has 0 spiro atoms. The number of nitrogens with zero attached hydrogens (tertiary/aromatic N) is 4. The standard InChI is InChI=1S/C34H39N5O3S/c1-4-21(2)32-35-22(3)29(17-30(43)38-19-25-9-5-6-10-26(25)20-38)33(40)39(32)18-23-13-15-24(16-14-23)27-11-7-8-12-28(27)31-36-34(41)42-37-31/h7-8,11-16,21,25-26H,4-6,9-10,17-20H2,1-3H3,(H,36,37,41). The van der Waals surface area contributed by atoms with E-state index in [-0.39, 0.29) is 11.5 Å². The van der Waals surface area contributed by atoms with Crippen molar-refractivity contribution >= 4 is 17.2 Å². The zero-order valence-corrected chi connectivity index (χ0v) is 26.0. The molecule has 0 amide bonds. The highest BCUT2D eigenvalue weighted by Gasteiger charge is 2.35. The van der Waals surface area contributed by atoms with Gasteiger partial charge in [0.05, 0.1) is 11.5 Å². The second kappa shape index (κ2) is 12.4. The molecule has 1 aliphatic carbocycles. The van der Waals surface area contributed by atoms with Crippen molar-refractivity contribution in [2.24, 2.45) is 11.8 Å². The van der Waals surface area contributed by atoms with Gasteiger partial charge in [-0.1, -0.05) is 92.6 Å². The quantitative estimate of drug-likeness (QED) is 0.245. The van der Waals surface area contributed by atoms with E-state index in [2.05, 4.69) is 28.9 Å². The molecule has 1 saturated heterocycles. The van der Waals surface area contributed by atoms with Gasteiger partial charge in [-0.2, -0.15) is 0 Å². The lowest BCUT2D eigenvalue weighted by atomic mass is 9.82. The van der Waals surface area contributed by atoms with Crippen molar-refractivity contribution in [1.29, 1.82) is 0 Å². The van der Waals surface area contributed by atoms with E-state index in [4.69, 9.17) is 21.7 Å². The van der Waals surface area contributed by atoms with Gasteiger partial charge < -0.3 is 4.90 Å². The Hall–Kier alpha value is -3.85. The van der Waals surface area contributed by atoms with Crippen molar-refractivity contribution in [2.75, 3.05) is 13.1 Å². The predicted molar refractivity (Wildman–Crippen MR) is 172 cm³/mol. The Labute approximate surface area is 257 Å². The highest BCUT2D eigenvalue weighted by Crippen LogP contribution is 2.36. The number of benzene rings is 2. The number of H-pyrrole nitrogens is 1. The number of rotatable bonds is 8. The van der Waals surface area contributed by atoms with E-state index in [1.165, 1.54) is 25.7 Å². The van der Waals surface area contributed by atoms with Crippen molar-refractivity contribution < 1.29 is 4.52 Å². The van der Waals surface area contributed by atoms with Gasteiger partial charge in [0.1, 0.15) is 5.82 Å². The average Bonchev–Trinajstić information content (AvgIpc) is 3.67. The number of nitrogens with one attached hydrogen (secondary N) is 1. The average molecular weight is 598 g/mol. The van der Waals surface area contributed by atoms with E-state index in [9.17, 15) is 9.59 Å². The maximum absolute atomic E-state index is 14.1. The highest BCUT2D eigenvalue weighted by atomic mass is 32.1. The summed E-state index contributed by atoms with van der Waals surface area (Å²) in [6.07, 6.45) is 6.59. The van der Waals surface area contributed by atoms with Gasteiger partial charge in [0, 0.05) is 42.2 Å². The molecule has 4 aromatic rings. The zero-order valence-electron chi connectivity index (χ0n) is 25.1. The Bertz CT molecular complexity index is 1720. The Morgan fingerprint density at radius 2 is 1.72 bits per heavy atom. The Kier molecular flexibility index (Phi) is 8.43. The first-order valence-electron chi connectivity index (χ1n) is 15.4. The molecule has 224 valence electrons. The smallest absolute Gasteiger partial charge is 0.365 e. The maximum atomic E-state index is 14.1. The molecule has 2 aliphatic rings. The minimum Gasteiger partial charge on any atom is -0.365 e. The minimum absolute atomic E-state index is 0.00571. The number of hydrogen-bond donors (Lipinski definition) is 1. The van der Waals surface area contributed by atoms with Crippen LogP contribution in [0.25, 0.3) is 22.5 Å². The van der Waals surface area contributed by atoms with Crippen LogP contribution in [0.3, 0.4) is 0 Å². The minimum atomic E-state index is -0.590. The second-order valence-corrected chi connectivity index (χ2v) is 12.7. The lowest BCUT2D eigenvalue weighted by Crippen LogP contribution is -2.35. The fraction of sp³-hybridized carbons (Fsp3) is 0.441. The third-order valence-electron chi connectivity index (χ3n) is 9.44. The van der Waals surface area contributed by atoms with E-state index in [1.807, 2.05) is 60.0 Å². The van der Waals surface area contributed by atoms with Crippen molar-refractivity contribution in [3.63, 3.8) is 0 Å². The van der Waals surface area contributed by atoms with Crippen molar-refractivity contribution in [1.82, 2.24) is 24.6 Å². The normalized spacial score (nSPS) is 18.9. The Morgan fingerprint density at radius 3 is 2.35 bits per heavy atom. The molecule has 8 nitrogen and oxygen atoms in total. The third-order valence-corrected chi connectivity index (χ3v) is 9.84. The lowest BCUT2D eigenvalue weighted by molar-refractivity contribution is 0.299. The molecule has 1 saturated carbocycles. The van der Waals surface area contributed by atoms with Crippen molar-refractivity contribution in [3.05, 3.63) is 92.1 Å². The third kappa shape index (κ3) is 6.00. The molecule has 3 heterocycles. The number of likely N-dealkylation sites (tertiary alicyclic amines) is 1. The van der Waals surface area contributed by atoms with Crippen LogP contribution >= 0.6 is 12.2 Å². The van der Waals surface area contributed by atoms with Crippen LogP contribution in [-0.4, -0.2) is 42.7 Å². The molecule has 0 bridgehead atoms. The summed E-state index contributed by atoms with van der Waals surface area (Å²) >= 11 is 5.95. The van der Waals surface area contributed by atoms with E-state index in [1.54, 1.807) is 0 Å². The zero-order chi connectivity index (χ0) is 30.1. The molecule has 1 aliphatic heterocycles. The monoisotopic (exact) mass is 597 g/mol. The highest BCUT2D eigenvalue weighted by molar-refractivity contribution is 7.80. The first-order valence-corrected chi connectivity index (χ1v) is 15.9. The number of aromatic nitrogens is 4. The first kappa shape index (κ1) is 29.2. The van der Waals surface area contributed by atoms with Gasteiger partial charge in [-0.25, -0.2) is 9.78 Å². The molecule has 2 aromatic heterocycles. The van der Waals surface area contributed by atoms with Crippen molar-refractivity contribution in [2.45, 2.75) is 71.8 Å². The number of thiocarbonyl (C=S) groups is 1. The van der Waals surface area contributed by atoms with Gasteiger partial charge in [0.2, 0.25) is 0 Å². The SMILES string of the molecule is CCC(C)c1nc(C)c(CC(=S)N2CC3CCCCC3C2)c(=O)n1Cc1ccc(-c2ccccc2-c2noc(=O)[nH]2)cc1. The van der Waals surface area contributed by atoms with E-state index < -0.39 is 5.76 Å². The number of aryl methyl sites for hydroxylation is 1. The van der Waals surface area contributed by atoms with Crippen LogP contribution < -0.4 is 11.3 Å². The molecular formula is C34H39N5O3S. The predicted octanol–water partition coefficient (Wildman–Crippen LogP) is 6.12. The molecule has 9 heteroatoms. The molecule has 6 rings (SSSR count). The first-order chi connectivity index (χ1) is 20.8. The summed E-state index contributed by atoms with van der Waals surface area (Å²) < 4.78 is 6.58. The molecule has 3 atom stereocenters. The van der Waals surface area contributed by atoms with E-state index in [0.29, 0.717) is 24.4 Å². The van der Waals surface area contributed by atoms with Gasteiger partial charge in [-0.15, -0.1) is 0 Å². The number of hydrogen-bond acceptors (Lipinski definition) is 6. The Balaban J connectivity index is 1.28. The van der Waals surface area contributed by atoms with Crippen LogP contribution in [0.4, 0.5) is 0 Å². The summed E-state index contributed by atoms with van der Waals surface area (Å²) in [6, 6.07) is 15.9. The summed E-state index contributed by atoms with van der Waals surface area (Å²) in [5, 5.41) is 3.87. The molecule has 3 unspecified atom stereocenters. The van der Waals surface area contributed by atoms with Gasteiger partial charge in [-0.05, 0) is 54.7 Å². The summed E-state index contributed by atoms with van der Waals surface area (Å²) in [6.45, 7) is 8.68. The maximum Gasteiger partial charge on any atom is 0.439 e. The lowest BCUT2D eigenvalue weighted by Gasteiger charge is -2.22. The van der Waals surface area contributed by atoms with Crippen LogP contribution in [0, 0.1) is 18.8 Å². The van der Waals surface area contributed by atoms with Gasteiger partial charge in [-0.3, -0.25) is 18.9 Å². The Morgan fingerprint density at radius 1 is 1.05 bits per heavy atom. The van der Waals surface area contributed by atoms with Crippen LogP contribution in [-0.2, 0) is 13.0 Å². The topological polar surface area (TPSA) is 97.0 Å².